The molecule has 1 aromatic heterocycles. The van der Waals surface area contributed by atoms with E-state index < -0.39 is 5.95 Å². The van der Waals surface area contributed by atoms with Crippen molar-refractivity contribution in [1.82, 2.24) is 10.3 Å². The van der Waals surface area contributed by atoms with Gasteiger partial charge in [-0.1, -0.05) is 6.92 Å². The first-order chi connectivity index (χ1) is 7.54. The summed E-state index contributed by atoms with van der Waals surface area (Å²) in [5.41, 5.74) is 0.711. The molecule has 0 radical (unpaired) electrons. The first-order valence-corrected chi connectivity index (χ1v) is 5.09. The maximum absolute atomic E-state index is 12.9. The third-order valence-electron chi connectivity index (χ3n) is 2.39. The fraction of sp³-hybridized carbons (Fsp3) is 0.455. The highest BCUT2D eigenvalue weighted by atomic mass is 19.1. The van der Waals surface area contributed by atoms with Gasteiger partial charge in [-0.3, -0.25) is 4.79 Å². The number of carbonyl (C=O) groups excluding carboxylic acids is 1. The number of carbonyl (C=O) groups is 1. The normalized spacial score (nSPS) is 12.0. The number of amides is 1. The minimum absolute atomic E-state index is 0.0265. The molecule has 16 heavy (non-hydrogen) atoms. The second-order valence-corrected chi connectivity index (χ2v) is 3.73. The van der Waals surface area contributed by atoms with Gasteiger partial charge in [-0.2, -0.15) is 4.39 Å². The lowest BCUT2D eigenvalue weighted by molar-refractivity contribution is -0.123. The lowest BCUT2D eigenvalue weighted by Crippen LogP contribution is -2.34. The number of halogens is 1. The summed E-state index contributed by atoms with van der Waals surface area (Å²) < 4.78 is 12.9. The third kappa shape index (κ3) is 3.18. The standard InChI is InChI=1S/C11H16FN3O/c1-8(11(16)13-2)7-15(3)9-4-5-14-10(12)6-9/h4-6,8H,7H2,1-3H3,(H,13,16). The molecule has 0 fully saturated rings. The van der Waals surface area contributed by atoms with Crippen LogP contribution in [0.25, 0.3) is 0 Å². The summed E-state index contributed by atoms with van der Waals surface area (Å²) in [5, 5.41) is 2.58. The molecular weight excluding hydrogens is 209 g/mol. The summed E-state index contributed by atoms with van der Waals surface area (Å²) in [6.07, 6.45) is 1.41. The Bertz CT molecular complexity index is 370. The Morgan fingerprint density at radius 2 is 2.38 bits per heavy atom. The molecule has 0 aliphatic carbocycles. The van der Waals surface area contributed by atoms with Crippen LogP contribution in [0.1, 0.15) is 6.92 Å². The van der Waals surface area contributed by atoms with E-state index >= 15 is 0 Å². The number of rotatable bonds is 4. The summed E-state index contributed by atoms with van der Waals surface area (Å²) >= 11 is 0. The number of hydrogen-bond acceptors (Lipinski definition) is 3. The van der Waals surface area contributed by atoms with Gasteiger partial charge in [0.2, 0.25) is 11.9 Å². The molecule has 0 bridgehead atoms. The van der Waals surface area contributed by atoms with Gasteiger partial charge in [0.25, 0.3) is 0 Å². The molecule has 1 aromatic rings. The summed E-state index contributed by atoms with van der Waals surface area (Å²) in [6, 6.07) is 3.05. The molecule has 1 N–H and O–H groups in total. The van der Waals surface area contributed by atoms with Crippen molar-refractivity contribution in [3.8, 4) is 0 Å². The number of anilines is 1. The highest BCUT2D eigenvalue weighted by Crippen LogP contribution is 2.13. The molecule has 0 saturated heterocycles. The highest BCUT2D eigenvalue weighted by Gasteiger charge is 2.14. The van der Waals surface area contributed by atoms with Crippen LogP contribution in [-0.4, -0.2) is 31.5 Å². The summed E-state index contributed by atoms with van der Waals surface area (Å²) in [5.74, 6) is -0.690. The van der Waals surface area contributed by atoms with E-state index in [0.29, 0.717) is 12.2 Å². The first-order valence-electron chi connectivity index (χ1n) is 5.09. The molecule has 0 spiro atoms. The molecule has 1 atom stereocenters. The van der Waals surface area contributed by atoms with Crippen LogP contribution < -0.4 is 10.2 Å². The van der Waals surface area contributed by atoms with Gasteiger partial charge in [0.1, 0.15) is 0 Å². The largest absolute Gasteiger partial charge is 0.374 e. The zero-order valence-electron chi connectivity index (χ0n) is 9.70. The Hall–Kier alpha value is -1.65. The molecule has 5 heteroatoms. The second kappa shape index (κ2) is 5.44. The number of hydrogen-bond donors (Lipinski definition) is 1. The predicted molar refractivity (Wildman–Crippen MR) is 60.7 cm³/mol. The zero-order valence-corrected chi connectivity index (χ0v) is 9.70. The van der Waals surface area contributed by atoms with E-state index in [2.05, 4.69) is 10.3 Å². The van der Waals surface area contributed by atoms with E-state index in [1.54, 1.807) is 13.1 Å². The van der Waals surface area contributed by atoms with Crippen LogP contribution >= 0.6 is 0 Å². The summed E-state index contributed by atoms with van der Waals surface area (Å²) in [4.78, 5) is 16.6. The molecular formula is C11H16FN3O. The fourth-order valence-corrected chi connectivity index (χ4v) is 1.48. The van der Waals surface area contributed by atoms with Crippen LogP contribution in [-0.2, 0) is 4.79 Å². The SMILES string of the molecule is CNC(=O)C(C)CN(C)c1ccnc(F)c1. The van der Waals surface area contributed by atoms with Crippen molar-refractivity contribution in [1.29, 1.82) is 0 Å². The van der Waals surface area contributed by atoms with E-state index in [0.717, 1.165) is 0 Å². The average Bonchev–Trinajstić information content (AvgIpc) is 2.27. The van der Waals surface area contributed by atoms with Crippen LogP contribution in [0.2, 0.25) is 0 Å². The van der Waals surface area contributed by atoms with Gasteiger partial charge < -0.3 is 10.2 Å². The molecule has 88 valence electrons. The Labute approximate surface area is 94.5 Å². The van der Waals surface area contributed by atoms with Crippen molar-refractivity contribution in [2.75, 3.05) is 25.5 Å². The van der Waals surface area contributed by atoms with Gasteiger partial charge >= 0.3 is 0 Å². The van der Waals surface area contributed by atoms with Crippen LogP contribution in [0.15, 0.2) is 18.3 Å². The lowest BCUT2D eigenvalue weighted by atomic mass is 10.1. The Morgan fingerprint density at radius 3 is 2.94 bits per heavy atom. The van der Waals surface area contributed by atoms with E-state index in [1.165, 1.54) is 12.3 Å². The van der Waals surface area contributed by atoms with Gasteiger partial charge in [0.05, 0.1) is 5.92 Å². The van der Waals surface area contributed by atoms with Gasteiger partial charge in [-0.05, 0) is 6.07 Å². The van der Waals surface area contributed by atoms with E-state index in [-0.39, 0.29) is 11.8 Å². The minimum Gasteiger partial charge on any atom is -0.374 e. The molecule has 1 heterocycles. The fourth-order valence-electron chi connectivity index (χ4n) is 1.48. The molecule has 1 amide bonds. The van der Waals surface area contributed by atoms with Crippen LogP contribution in [0.4, 0.5) is 10.1 Å². The van der Waals surface area contributed by atoms with Gasteiger partial charge in [-0.25, -0.2) is 4.98 Å². The van der Waals surface area contributed by atoms with Gasteiger partial charge in [0, 0.05) is 38.6 Å². The van der Waals surface area contributed by atoms with Crippen molar-refractivity contribution in [2.24, 2.45) is 5.92 Å². The van der Waals surface area contributed by atoms with E-state index in [9.17, 15) is 9.18 Å². The Balaban J connectivity index is 2.65. The van der Waals surface area contributed by atoms with Crippen molar-refractivity contribution in [3.05, 3.63) is 24.3 Å². The quantitative estimate of drug-likeness (QED) is 0.779. The van der Waals surface area contributed by atoms with E-state index in [4.69, 9.17) is 0 Å². The Morgan fingerprint density at radius 1 is 1.69 bits per heavy atom. The summed E-state index contributed by atoms with van der Waals surface area (Å²) in [7, 11) is 3.42. The van der Waals surface area contributed by atoms with Crippen molar-refractivity contribution < 1.29 is 9.18 Å². The predicted octanol–water partition coefficient (Wildman–Crippen LogP) is 1.04. The molecule has 1 unspecified atom stereocenters. The summed E-state index contributed by atoms with van der Waals surface area (Å²) in [6.45, 7) is 2.36. The Kier molecular flexibility index (Phi) is 4.22. The van der Waals surface area contributed by atoms with Crippen molar-refractivity contribution in [3.63, 3.8) is 0 Å². The zero-order chi connectivity index (χ0) is 12.1. The molecule has 4 nitrogen and oxygen atoms in total. The number of aromatic nitrogens is 1. The second-order valence-electron chi connectivity index (χ2n) is 3.73. The molecule has 0 aliphatic heterocycles. The maximum Gasteiger partial charge on any atom is 0.224 e. The van der Waals surface area contributed by atoms with Crippen LogP contribution in [0, 0.1) is 11.9 Å². The van der Waals surface area contributed by atoms with Gasteiger partial charge in [0.15, 0.2) is 0 Å². The molecule has 0 saturated carbocycles. The lowest BCUT2D eigenvalue weighted by Gasteiger charge is -2.22. The minimum atomic E-state index is -0.517. The number of nitrogens with zero attached hydrogens (tertiary/aromatic N) is 2. The first kappa shape index (κ1) is 12.4. The third-order valence-corrected chi connectivity index (χ3v) is 2.39. The van der Waals surface area contributed by atoms with Crippen LogP contribution in [0.5, 0.6) is 0 Å². The molecule has 0 aromatic carbocycles. The smallest absolute Gasteiger partial charge is 0.224 e. The molecule has 1 rings (SSSR count). The monoisotopic (exact) mass is 225 g/mol. The van der Waals surface area contributed by atoms with Crippen LogP contribution in [0.3, 0.4) is 0 Å². The number of pyridine rings is 1. The van der Waals surface area contributed by atoms with E-state index in [1.807, 2.05) is 18.9 Å². The maximum atomic E-state index is 12.9. The van der Waals surface area contributed by atoms with Gasteiger partial charge in [-0.15, -0.1) is 0 Å². The molecule has 0 aliphatic rings. The number of nitrogens with one attached hydrogen (secondary N) is 1. The van der Waals surface area contributed by atoms with Crippen molar-refractivity contribution >= 4 is 11.6 Å². The van der Waals surface area contributed by atoms with Crippen molar-refractivity contribution in [2.45, 2.75) is 6.92 Å². The topological polar surface area (TPSA) is 45.2 Å². The average molecular weight is 225 g/mol. The highest BCUT2D eigenvalue weighted by molar-refractivity contribution is 5.78.